The standard InChI is InChI=1S/C11H13NO/c1-8-11-6-10(13-3)5-4-9(11)7-12(8)2/h4-6H,1,7H2,2-3H3. The zero-order valence-electron chi connectivity index (χ0n) is 8.00. The number of nitrogens with zero attached hydrogens (tertiary/aromatic N) is 1. The number of methoxy groups -OCH3 is 1. The number of hydrogen-bond donors (Lipinski definition) is 0. The molecule has 1 aliphatic heterocycles. The Morgan fingerprint density at radius 2 is 2.23 bits per heavy atom. The van der Waals surface area contributed by atoms with Gasteiger partial charge in [0.25, 0.3) is 0 Å². The average molecular weight is 175 g/mol. The summed E-state index contributed by atoms with van der Waals surface area (Å²) in [6, 6.07) is 6.13. The van der Waals surface area contributed by atoms with Gasteiger partial charge in [0, 0.05) is 24.9 Å². The van der Waals surface area contributed by atoms with Crippen molar-refractivity contribution in [1.82, 2.24) is 4.90 Å². The zero-order chi connectivity index (χ0) is 9.42. The van der Waals surface area contributed by atoms with Crippen molar-refractivity contribution >= 4 is 5.70 Å². The molecule has 1 heterocycles. The monoisotopic (exact) mass is 175 g/mol. The van der Waals surface area contributed by atoms with Crippen LogP contribution in [0.5, 0.6) is 5.75 Å². The second-order valence-electron chi connectivity index (χ2n) is 3.33. The molecule has 0 saturated heterocycles. The molecule has 0 bridgehead atoms. The molecule has 0 radical (unpaired) electrons. The highest BCUT2D eigenvalue weighted by Crippen LogP contribution is 2.32. The van der Waals surface area contributed by atoms with E-state index in [0.29, 0.717) is 0 Å². The Morgan fingerprint density at radius 3 is 2.92 bits per heavy atom. The van der Waals surface area contributed by atoms with Gasteiger partial charge in [0.2, 0.25) is 0 Å². The Labute approximate surface area is 78.4 Å². The fraction of sp³-hybridized carbons (Fsp3) is 0.273. The number of benzene rings is 1. The lowest BCUT2D eigenvalue weighted by atomic mass is 10.1. The second-order valence-corrected chi connectivity index (χ2v) is 3.33. The van der Waals surface area contributed by atoms with Crippen LogP contribution in [0.1, 0.15) is 11.1 Å². The van der Waals surface area contributed by atoms with Crippen LogP contribution in [0, 0.1) is 0 Å². The SMILES string of the molecule is C=C1c2cc(OC)ccc2CN1C. The van der Waals surface area contributed by atoms with Crippen molar-refractivity contribution < 1.29 is 4.74 Å². The number of ether oxygens (including phenoxy) is 1. The minimum absolute atomic E-state index is 0.898. The van der Waals surface area contributed by atoms with Gasteiger partial charge in [0.05, 0.1) is 7.11 Å². The molecule has 0 aliphatic carbocycles. The summed E-state index contributed by atoms with van der Waals surface area (Å²) in [5.74, 6) is 0.898. The lowest BCUT2D eigenvalue weighted by Crippen LogP contribution is -2.05. The van der Waals surface area contributed by atoms with Gasteiger partial charge in [0.1, 0.15) is 5.75 Å². The molecule has 1 aromatic rings. The summed E-state index contributed by atoms with van der Waals surface area (Å²) in [5, 5.41) is 0. The van der Waals surface area contributed by atoms with E-state index in [2.05, 4.69) is 24.6 Å². The van der Waals surface area contributed by atoms with Crippen LogP contribution in [0.3, 0.4) is 0 Å². The van der Waals surface area contributed by atoms with Crippen LogP contribution >= 0.6 is 0 Å². The summed E-state index contributed by atoms with van der Waals surface area (Å²) < 4.78 is 5.16. The normalized spacial score (nSPS) is 14.6. The summed E-state index contributed by atoms with van der Waals surface area (Å²) in [6.07, 6.45) is 0. The van der Waals surface area contributed by atoms with Crippen molar-refractivity contribution in [2.75, 3.05) is 14.2 Å². The first kappa shape index (κ1) is 8.17. The smallest absolute Gasteiger partial charge is 0.119 e. The maximum atomic E-state index is 5.16. The third-order valence-electron chi connectivity index (χ3n) is 2.50. The molecule has 1 aliphatic rings. The summed E-state index contributed by atoms with van der Waals surface area (Å²) in [7, 11) is 3.73. The first-order valence-corrected chi connectivity index (χ1v) is 4.29. The molecule has 2 heteroatoms. The molecule has 2 nitrogen and oxygen atoms in total. The largest absolute Gasteiger partial charge is 0.497 e. The third-order valence-corrected chi connectivity index (χ3v) is 2.50. The summed E-state index contributed by atoms with van der Waals surface area (Å²) >= 11 is 0. The fourth-order valence-corrected chi connectivity index (χ4v) is 1.65. The van der Waals surface area contributed by atoms with E-state index in [1.54, 1.807) is 7.11 Å². The Bertz CT molecular complexity index is 357. The van der Waals surface area contributed by atoms with Gasteiger partial charge in [-0.25, -0.2) is 0 Å². The Kier molecular flexibility index (Phi) is 1.76. The minimum Gasteiger partial charge on any atom is -0.497 e. The lowest BCUT2D eigenvalue weighted by molar-refractivity contribution is 0.414. The van der Waals surface area contributed by atoms with Gasteiger partial charge in [0.15, 0.2) is 0 Å². The van der Waals surface area contributed by atoms with E-state index >= 15 is 0 Å². The maximum absolute atomic E-state index is 5.16. The van der Waals surface area contributed by atoms with Crippen LogP contribution in [-0.4, -0.2) is 19.1 Å². The van der Waals surface area contributed by atoms with Crippen molar-refractivity contribution in [3.63, 3.8) is 0 Å². The molecule has 0 spiro atoms. The average Bonchev–Trinajstić information content (AvgIpc) is 2.43. The predicted octanol–water partition coefficient (Wildman–Crippen LogP) is 2.11. The van der Waals surface area contributed by atoms with E-state index in [4.69, 9.17) is 4.74 Å². The molecule has 0 fully saturated rings. The van der Waals surface area contributed by atoms with Crippen molar-refractivity contribution in [2.24, 2.45) is 0 Å². The quantitative estimate of drug-likeness (QED) is 0.648. The van der Waals surface area contributed by atoms with Gasteiger partial charge in [-0.05, 0) is 17.7 Å². The molecule has 13 heavy (non-hydrogen) atoms. The van der Waals surface area contributed by atoms with Crippen molar-refractivity contribution in [2.45, 2.75) is 6.54 Å². The van der Waals surface area contributed by atoms with Gasteiger partial charge in [-0.1, -0.05) is 12.6 Å². The molecule has 0 unspecified atom stereocenters. The van der Waals surface area contributed by atoms with Crippen LogP contribution < -0.4 is 4.74 Å². The van der Waals surface area contributed by atoms with Gasteiger partial charge in [-0.2, -0.15) is 0 Å². The van der Waals surface area contributed by atoms with Gasteiger partial charge >= 0.3 is 0 Å². The zero-order valence-corrected chi connectivity index (χ0v) is 8.00. The van der Waals surface area contributed by atoms with E-state index in [1.807, 2.05) is 12.1 Å². The van der Waals surface area contributed by atoms with Crippen LogP contribution in [0.15, 0.2) is 24.8 Å². The van der Waals surface area contributed by atoms with Gasteiger partial charge < -0.3 is 9.64 Å². The van der Waals surface area contributed by atoms with Crippen LogP contribution in [0.2, 0.25) is 0 Å². The van der Waals surface area contributed by atoms with Gasteiger partial charge in [-0.15, -0.1) is 0 Å². The number of rotatable bonds is 1. The second kappa shape index (κ2) is 2.80. The van der Waals surface area contributed by atoms with Crippen molar-refractivity contribution in [3.8, 4) is 5.75 Å². The van der Waals surface area contributed by atoms with Crippen molar-refractivity contribution in [3.05, 3.63) is 35.9 Å². The third kappa shape index (κ3) is 1.18. The Balaban J connectivity index is 2.48. The van der Waals surface area contributed by atoms with E-state index in [9.17, 15) is 0 Å². The van der Waals surface area contributed by atoms with Crippen LogP contribution in [-0.2, 0) is 6.54 Å². The molecule has 0 N–H and O–H groups in total. The minimum atomic E-state index is 0.898. The molecule has 0 aromatic heterocycles. The summed E-state index contributed by atoms with van der Waals surface area (Å²) in [5.41, 5.74) is 3.61. The molecule has 0 atom stereocenters. The molecule has 2 rings (SSSR count). The highest BCUT2D eigenvalue weighted by Gasteiger charge is 2.18. The Morgan fingerprint density at radius 1 is 1.46 bits per heavy atom. The molecule has 0 saturated carbocycles. The number of fused-ring (bicyclic) bond motifs is 1. The summed E-state index contributed by atoms with van der Waals surface area (Å²) in [6.45, 7) is 4.98. The van der Waals surface area contributed by atoms with E-state index in [-0.39, 0.29) is 0 Å². The molecule has 1 aromatic carbocycles. The summed E-state index contributed by atoms with van der Waals surface area (Å²) in [4.78, 5) is 2.14. The maximum Gasteiger partial charge on any atom is 0.119 e. The molecule has 0 amide bonds. The van der Waals surface area contributed by atoms with Crippen LogP contribution in [0.4, 0.5) is 0 Å². The lowest BCUT2D eigenvalue weighted by Gasteiger charge is -2.10. The Hall–Kier alpha value is -1.44. The highest BCUT2D eigenvalue weighted by molar-refractivity contribution is 5.69. The predicted molar refractivity (Wildman–Crippen MR) is 53.5 cm³/mol. The first-order chi connectivity index (χ1) is 6.22. The molecule has 68 valence electrons. The van der Waals surface area contributed by atoms with E-state index in [1.165, 1.54) is 11.1 Å². The number of hydrogen-bond acceptors (Lipinski definition) is 2. The highest BCUT2D eigenvalue weighted by atomic mass is 16.5. The van der Waals surface area contributed by atoms with E-state index in [0.717, 1.165) is 18.0 Å². The molecular formula is C11H13NO. The first-order valence-electron chi connectivity index (χ1n) is 4.29. The molecular weight excluding hydrogens is 162 g/mol. The van der Waals surface area contributed by atoms with Crippen LogP contribution in [0.25, 0.3) is 5.70 Å². The van der Waals surface area contributed by atoms with Crippen molar-refractivity contribution in [1.29, 1.82) is 0 Å². The van der Waals surface area contributed by atoms with E-state index < -0.39 is 0 Å². The fourth-order valence-electron chi connectivity index (χ4n) is 1.65. The van der Waals surface area contributed by atoms with Gasteiger partial charge in [-0.3, -0.25) is 0 Å². The topological polar surface area (TPSA) is 12.5 Å².